The van der Waals surface area contributed by atoms with Gasteiger partial charge in [-0.1, -0.05) is 0 Å². The molecule has 0 aliphatic rings. The predicted octanol–water partition coefficient (Wildman–Crippen LogP) is 1.31. The molecule has 18 heavy (non-hydrogen) atoms. The molecule has 0 saturated carbocycles. The summed E-state index contributed by atoms with van der Waals surface area (Å²) in [6, 6.07) is 2.09. The average molecular weight is 254 g/mol. The Kier molecular flexibility index (Phi) is 5.88. The SMILES string of the molecule is COCCNC(=O)CNC(C)c1cc(C)oc1C. The zero-order chi connectivity index (χ0) is 13.5. The number of nitrogens with one attached hydrogen (secondary N) is 2. The van der Waals surface area contributed by atoms with Crippen molar-refractivity contribution in [1.82, 2.24) is 10.6 Å². The number of methoxy groups -OCH3 is 1. The predicted molar refractivity (Wildman–Crippen MR) is 69.5 cm³/mol. The van der Waals surface area contributed by atoms with Crippen molar-refractivity contribution in [1.29, 1.82) is 0 Å². The average Bonchev–Trinajstić information content (AvgIpc) is 2.66. The summed E-state index contributed by atoms with van der Waals surface area (Å²) in [6.45, 7) is 7.21. The summed E-state index contributed by atoms with van der Waals surface area (Å²) in [5, 5.41) is 5.93. The number of hydrogen-bond donors (Lipinski definition) is 2. The Morgan fingerprint density at radius 3 is 2.78 bits per heavy atom. The molecule has 0 aromatic carbocycles. The van der Waals surface area contributed by atoms with Crippen LogP contribution in [0, 0.1) is 13.8 Å². The number of amides is 1. The molecule has 1 aromatic heterocycles. The van der Waals surface area contributed by atoms with Crippen LogP contribution in [-0.4, -0.2) is 32.7 Å². The Morgan fingerprint density at radius 1 is 1.50 bits per heavy atom. The molecule has 1 aromatic rings. The van der Waals surface area contributed by atoms with E-state index in [0.717, 1.165) is 17.1 Å². The van der Waals surface area contributed by atoms with E-state index in [1.807, 2.05) is 26.8 Å². The molecule has 0 aliphatic heterocycles. The molecule has 1 rings (SSSR count). The fourth-order valence-electron chi connectivity index (χ4n) is 1.79. The Hall–Kier alpha value is -1.33. The van der Waals surface area contributed by atoms with E-state index in [9.17, 15) is 4.79 Å². The lowest BCUT2D eigenvalue weighted by Gasteiger charge is -2.13. The first kappa shape index (κ1) is 14.7. The minimum absolute atomic E-state index is 0.0308. The van der Waals surface area contributed by atoms with Gasteiger partial charge in [-0.2, -0.15) is 0 Å². The summed E-state index contributed by atoms with van der Waals surface area (Å²) in [5.74, 6) is 1.75. The third kappa shape index (κ3) is 4.50. The molecule has 0 bridgehead atoms. The Morgan fingerprint density at radius 2 is 2.22 bits per heavy atom. The molecular weight excluding hydrogens is 232 g/mol. The number of carbonyl (C=O) groups excluding carboxylic acids is 1. The summed E-state index contributed by atoms with van der Waals surface area (Å²) in [7, 11) is 1.61. The summed E-state index contributed by atoms with van der Waals surface area (Å²) >= 11 is 0. The summed E-state index contributed by atoms with van der Waals surface area (Å²) in [5.41, 5.74) is 1.09. The van der Waals surface area contributed by atoms with E-state index in [4.69, 9.17) is 9.15 Å². The van der Waals surface area contributed by atoms with Gasteiger partial charge in [0, 0.05) is 25.3 Å². The molecule has 0 spiro atoms. The van der Waals surface area contributed by atoms with Crippen molar-refractivity contribution in [2.45, 2.75) is 26.8 Å². The topological polar surface area (TPSA) is 63.5 Å². The van der Waals surface area contributed by atoms with Crippen LogP contribution in [0.1, 0.15) is 30.0 Å². The van der Waals surface area contributed by atoms with Crippen molar-refractivity contribution < 1.29 is 13.9 Å². The molecule has 2 N–H and O–H groups in total. The standard InChI is InChI=1S/C13H22N2O3/c1-9-7-12(11(3)18-9)10(2)15-8-13(16)14-5-6-17-4/h7,10,15H,5-6,8H2,1-4H3,(H,14,16). The number of aryl methyl sites for hydroxylation is 2. The number of carbonyl (C=O) groups is 1. The van der Waals surface area contributed by atoms with Crippen LogP contribution in [0.3, 0.4) is 0 Å². The molecule has 5 nitrogen and oxygen atoms in total. The quantitative estimate of drug-likeness (QED) is 0.720. The Balaban J connectivity index is 2.34. The van der Waals surface area contributed by atoms with Crippen LogP contribution in [0.5, 0.6) is 0 Å². The molecule has 0 aliphatic carbocycles. The summed E-state index contributed by atoms with van der Waals surface area (Å²) in [4.78, 5) is 11.5. The molecule has 5 heteroatoms. The van der Waals surface area contributed by atoms with E-state index >= 15 is 0 Å². The van der Waals surface area contributed by atoms with Gasteiger partial charge in [-0.25, -0.2) is 0 Å². The highest BCUT2D eigenvalue weighted by Crippen LogP contribution is 2.20. The van der Waals surface area contributed by atoms with E-state index in [2.05, 4.69) is 10.6 Å². The summed E-state index contributed by atoms with van der Waals surface area (Å²) in [6.07, 6.45) is 0. The van der Waals surface area contributed by atoms with Crippen LogP contribution in [-0.2, 0) is 9.53 Å². The highest BCUT2D eigenvalue weighted by Gasteiger charge is 2.13. The van der Waals surface area contributed by atoms with E-state index in [0.29, 0.717) is 13.2 Å². The van der Waals surface area contributed by atoms with Gasteiger partial charge in [0.25, 0.3) is 0 Å². The Labute approximate surface area is 108 Å². The molecule has 102 valence electrons. The van der Waals surface area contributed by atoms with Gasteiger partial charge in [0.2, 0.25) is 5.91 Å². The van der Waals surface area contributed by atoms with Crippen LogP contribution in [0.25, 0.3) is 0 Å². The second-order valence-electron chi connectivity index (χ2n) is 4.31. The molecule has 1 atom stereocenters. The van der Waals surface area contributed by atoms with Crippen molar-refractivity contribution >= 4 is 5.91 Å². The monoisotopic (exact) mass is 254 g/mol. The lowest BCUT2D eigenvalue weighted by molar-refractivity contribution is -0.120. The number of ether oxygens (including phenoxy) is 1. The third-order valence-corrected chi connectivity index (χ3v) is 2.74. The van der Waals surface area contributed by atoms with Crippen molar-refractivity contribution in [3.05, 3.63) is 23.2 Å². The number of hydrogen-bond acceptors (Lipinski definition) is 4. The number of furan rings is 1. The third-order valence-electron chi connectivity index (χ3n) is 2.74. The van der Waals surface area contributed by atoms with Crippen molar-refractivity contribution in [3.63, 3.8) is 0 Å². The fourth-order valence-corrected chi connectivity index (χ4v) is 1.79. The van der Waals surface area contributed by atoms with Crippen molar-refractivity contribution in [2.24, 2.45) is 0 Å². The van der Waals surface area contributed by atoms with Crippen LogP contribution >= 0.6 is 0 Å². The van der Waals surface area contributed by atoms with E-state index < -0.39 is 0 Å². The van der Waals surface area contributed by atoms with Gasteiger partial charge in [0.15, 0.2) is 0 Å². The van der Waals surface area contributed by atoms with Gasteiger partial charge in [0.1, 0.15) is 11.5 Å². The first-order valence-corrected chi connectivity index (χ1v) is 6.10. The van der Waals surface area contributed by atoms with Crippen molar-refractivity contribution in [2.75, 3.05) is 26.8 Å². The molecule has 1 amide bonds. The maximum absolute atomic E-state index is 11.5. The van der Waals surface area contributed by atoms with Crippen LogP contribution < -0.4 is 10.6 Å². The number of rotatable bonds is 7. The van der Waals surface area contributed by atoms with Gasteiger partial charge in [-0.15, -0.1) is 0 Å². The Bertz CT molecular complexity index is 388. The van der Waals surface area contributed by atoms with Crippen LogP contribution in [0.15, 0.2) is 10.5 Å². The first-order chi connectivity index (χ1) is 8.54. The second-order valence-corrected chi connectivity index (χ2v) is 4.31. The van der Waals surface area contributed by atoms with Gasteiger partial charge in [-0.3, -0.25) is 4.79 Å². The van der Waals surface area contributed by atoms with Crippen LogP contribution in [0.4, 0.5) is 0 Å². The zero-order valence-corrected chi connectivity index (χ0v) is 11.5. The van der Waals surface area contributed by atoms with Crippen molar-refractivity contribution in [3.8, 4) is 0 Å². The van der Waals surface area contributed by atoms with E-state index in [-0.39, 0.29) is 18.5 Å². The lowest BCUT2D eigenvalue weighted by Crippen LogP contribution is -2.36. The molecule has 0 radical (unpaired) electrons. The minimum Gasteiger partial charge on any atom is -0.466 e. The molecule has 1 unspecified atom stereocenters. The largest absolute Gasteiger partial charge is 0.466 e. The molecule has 0 fully saturated rings. The highest BCUT2D eigenvalue weighted by molar-refractivity contribution is 5.78. The van der Waals surface area contributed by atoms with Gasteiger partial charge < -0.3 is 19.8 Å². The minimum atomic E-state index is -0.0308. The van der Waals surface area contributed by atoms with Gasteiger partial charge >= 0.3 is 0 Å². The molecule has 0 saturated heterocycles. The summed E-state index contributed by atoms with van der Waals surface area (Å²) < 4.78 is 10.3. The zero-order valence-electron chi connectivity index (χ0n) is 11.5. The smallest absolute Gasteiger partial charge is 0.234 e. The molecule has 1 heterocycles. The van der Waals surface area contributed by atoms with Crippen LogP contribution in [0.2, 0.25) is 0 Å². The fraction of sp³-hybridized carbons (Fsp3) is 0.615. The normalized spacial score (nSPS) is 12.4. The van der Waals surface area contributed by atoms with E-state index in [1.54, 1.807) is 7.11 Å². The van der Waals surface area contributed by atoms with E-state index in [1.165, 1.54) is 0 Å². The maximum Gasteiger partial charge on any atom is 0.234 e. The highest BCUT2D eigenvalue weighted by atomic mass is 16.5. The lowest BCUT2D eigenvalue weighted by atomic mass is 10.1. The first-order valence-electron chi connectivity index (χ1n) is 6.10. The second kappa shape index (κ2) is 7.18. The van der Waals surface area contributed by atoms with Gasteiger partial charge in [0.05, 0.1) is 13.2 Å². The maximum atomic E-state index is 11.5. The molecular formula is C13H22N2O3. The van der Waals surface area contributed by atoms with Gasteiger partial charge in [-0.05, 0) is 26.8 Å².